The highest BCUT2D eigenvalue weighted by atomic mass is 35.5. The summed E-state index contributed by atoms with van der Waals surface area (Å²) in [5.74, 6) is 0.144. The number of nitrogens with zero attached hydrogens (tertiary/aromatic N) is 2. The molecule has 2 atom stereocenters. The van der Waals surface area contributed by atoms with E-state index in [1.165, 1.54) is 4.88 Å². The molecule has 20 heavy (non-hydrogen) atoms. The van der Waals surface area contributed by atoms with Crippen molar-refractivity contribution < 1.29 is 4.79 Å². The maximum Gasteiger partial charge on any atom is 0.222 e. The Labute approximate surface area is 138 Å². The lowest BCUT2D eigenvalue weighted by atomic mass is 10.1. The number of aryl methyl sites for hydroxylation is 2. The van der Waals surface area contributed by atoms with E-state index in [9.17, 15) is 4.79 Å². The van der Waals surface area contributed by atoms with Crippen LogP contribution in [0.15, 0.2) is 0 Å². The van der Waals surface area contributed by atoms with Crippen molar-refractivity contribution in [2.45, 2.75) is 52.6 Å². The maximum atomic E-state index is 12.0. The number of thiazole rings is 1. The van der Waals surface area contributed by atoms with Crippen LogP contribution in [0.4, 0.5) is 0 Å². The Balaban J connectivity index is 0. The first kappa shape index (κ1) is 21.9. The predicted molar refractivity (Wildman–Crippen MR) is 90.2 cm³/mol. The number of amides is 1. The molecule has 0 aromatic carbocycles. The lowest BCUT2D eigenvalue weighted by molar-refractivity contribution is -0.131. The average molecular weight is 342 g/mol. The lowest BCUT2D eigenvalue weighted by Gasteiger charge is -2.24. The van der Waals surface area contributed by atoms with Gasteiger partial charge in [-0.3, -0.25) is 4.79 Å². The summed E-state index contributed by atoms with van der Waals surface area (Å²) in [6, 6.07) is 0.154. The van der Waals surface area contributed by atoms with Gasteiger partial charge in [-0.1, -0.05) is 0 Å². The number of carbonyl (C=O) groups excluding carboxylic acids is 1. The molecule has 0 radical (unpaired) electrons. The Morgan fingerprint density at radius 3 is 2.30 bits per heavy atom. The van der Waals surface area contributed by atoms with Crippen molar-refractivity contribution in [1.29, 1.82) is 0 Å². The molecular formula is C13H25Cl2N3OS. The second-order valence-corrected chi connectivity index (χ2v) is 6.11. The molecule has 1 aromatic rings. The van der Waals surface area contributed by atoms with Gasteiger partial charge in [-0.15, -0.1) is 36.2 Å². The molecule has 1 rings (SSSR count). The molecule has 0 aliphatic rings. The molecule has 2 unspecified atom stereocenters. The Hall–Kier alpha value is -0.360. The third kappa shape index (κ3) is 5.95. The van der Waals surface area contributed by atoms with Crippen LogP contribution in [0.2, 0.25) is 0 Å². The van der Waals surface area contributed by atoms with Crippen molar-refractivity contribution in [2.24, 2.45) is 5.73 Å². The molecule has 118 valence electrons. The summed E-state index contributed by atoms with van der Waals surface area (Å²) in [5.41, 5.74) is 6.70. The van der Waals surface area contributed by atoms with Crippen LogP contribution >= 0.6 is 36.2 Å². The number of carbonyl (C=O) groups is 1. The van der Waals surface area contributed by atoms with Crippen molar-refractivity contribution in [3.05, 3.63) is 15.6 Å². The minimum atomic E-state index is 0. The highest BCUT2D eigenvalue weighted by Crippen LogP contribution is 2.28. The van der Waals surface area contributed by atoms with Crippen LogP contribution in [-0.2, 0) is 4.79 Å². The highest BCUT2D eigenvalue weighted by molar-refractivity contribution is 7.11. The fourth-order valence-electron chi connectivity index (χ4n) is 1.85. The summed E-state index contributed by atoms with van der Waals surface area (Å²) in [6.45, 7) is 7.96. The second kappa shape index (κ2) is 9.55. The fourth-order valence-corrected chi connectivity index (χ4v) is 2.88. The van der Waals surface area contributed by atoms with Gasteiger partial charge in [-0.25, -0.2) is 4.98 Å². The summed E-state index contributed by atoms with van der Waals surface area (Å²) in [6.07, 6.45) is 1.24. The molecule has 4 nitrogen and oxygen atoms in total. The summed E-state index contributed by atoms with van der Waals surface area (Å²) in [4.78, 5) is 19.4. The standard InChI is InChI=1S/C13H23N3OS.2ClH/c1-8(14)6-7-12(17)16(5)10(3)13-9(2)15-11(4)18-13;;/h8,10H,6-7,14H2,1-5H3;2*1H. The van der Waals surface area contributed by atoms with Gasteiger partial charge < -0.3 is 10.6 Å². The SMILES string of the molecule is Cc1nc(C)c(C(C)N(C)C(=O)CCC(C)N)s1.Cl.Cl. The van der Waals surface area contributed by atoms with E-state index >= 15 is 0 Å². The molecular weight excluding hydrogens is 317 g/mol. The minimum absolute atomic E-state index is 0. The zero-order valence-electron chi connectivity index (χ0n) is 12.7. The van der Waals surface area contributed by atoms with E-state index in [0.717, 1.165) is 17.1 Å². The predicted octanol–water partition coefficient (Wildman–Crippen LogP) is 3.25. The first-order chi connectivity index (χ1) is 8.32. The molecule has 7 heteroatoms. The topological polar surface area (TPSA) is 59.2 Å². The Kier molecular flexibility index (Phi) is 10.5. The molecule has 2 N–H and O–H groups in total. The second-order valence-electron chi connectivity index (χ2n) is 4.88. The van der Waals surface area contributed by atoms with Crippen molar-refractivity contribution in [1.82, 2.24) is 9.88 Å². The third-order valence-electron chi connectivity index (χ3n) is 3.11. The zero-order valence-corrected chi connectivity index (χ0v) is 15.1. The quantitative estimate of drug-likeness (QED) is 0.894. The fraction of sp³-hybridized carbons (Fsp3) is 0.692. The van der Waals surface area contributed by atoms with Crippen LogP contribution in [0.1, 0.15) is 48.3 Å². The monoisotopic (exact) mass is 341 g/mol. The van der Waals surface area contributed by atoms with Gasteiger partial charge in [0.1, 0.15) is 0 Å². The Morgan fingerprint density at radius 2 is 1.90 bits per heavy atom. The van der Waals surface area contributed by atoms with Crippen LogP contribution in [0.25, 0.3) is 0 Å². The van der Waals surface area contributed by atoms with Crippen LogP contribution in [-0.4, -0.2) is 28.9 Å². The van der Waals surface area contributed by atoms with Crippen molar-refractivity contribution in [3.63, 3.8) is 0 Å². The first-order valence-corrected chi connectivity index (χ1v) is 7.09. The van der Waals surface area contributed by atoms with E-state index in [2.05, 4.69) is 4.98 Å². The molecule has 0 aliphatic carbocycles. The molecule has 1 amide bonds. The van der Waals surface area contributed by atoms with Crippen LogP contribution in [0, 0.1) is 13.8 Å². The van der Waals surface area contributed by atoms with Gasteiger partial charge in [-0.05, 0) is 34.1 Å². The largest absolute Gasteiger partial charge is 0.338 e. The van der Waals surface area contributed by atoms with E-state index < -0.39 is 0 Å². The lowest BCUT2D eigenvalue weighted by Crippen LogP contribution is -2.30. The zero-order chi connectivity index (χ0) is 13.9. The molecule has 1 heterocycles. The number of halogens is 2. The van der Waals surface area contributed by atoms with E-state index in [1.807, 2.05) is 34.7 Å². The summed E-state index contributed by atoms with van der Waals surface area (Å²) < 4.78 is 0. The van der Waals surface area contributed by atoms with Gasteiger partial charge in [-0.2, -0.15) is 0 Å². The van der Waals surface area contributed by atoms with E-state index in [-0.39, 0.29) is 42.8 Å². The smallest absolute Gasteiger partial charge is 0.222 e. The summed E-state index contributed by atoms with van der Waals surface area (Å²) in [7, 11) is 1.85. The van der Waals surface area contributed by atoms with Gasteiger partial charge in [0.25, 0.3) is 0 Å². The molecule has 0 saturated carbocycles. The number of aromatic nitrogens is 1. The van der Waals surface area contributed by atoms with Gasteiger partial charge in [0.15, 0.2) is 0 Å². The van der Waals surface area contributed by atoms with Crippen LogP contribution in [0.3, 0.4) is 0 Å². The maximum absolute atomic E-state index is 12.0. The molecule has 0 spiro atoms. The van der Waals surface area contributed by atoms with E-state index in [4.69, 9.17) is 5.73 Å². The molecule has 0 saturated heterocycles. The molecule has 0 bridgehead atoms. The summed E-state index contributed by atoms with van der Waals surface area (Å²) >= 11 is 1.66. The first-order valence-electron chi connectivity index (χ1n) is 6.28. The Bertz CT molecular complexity index is 424. The number of hydrogen-bond acceptors (Lipinski definition) is 4. The van der Waals surface area contributed by atoms with Crippen molar-refractivity contribution in [2.75, 3.05) is 7.05 Å². The normalized spacial score (nSPS) is 12.9. The number of rotatable bonds is 5. The van der Waals surface area contributed by atoms with Crippen molar-refractivity contribution in [3.8, 4) is 0 Å². The highest BCUT2D eigenvalue weighted by Gasteiger charge is 2.21. The molecule has 1 aromatic heterocycles. The van der Waals surface area contributed by atoms with Gasteiger partial charge in [0.05, 0.1) is 16.7 Å². The molecule has 0 fully saturated rings. The van der Waals surface area contributed by atoms with Crippen molar-refractivity contribution >= 4 is 42.1 Å². The number of nitrogens with two attached hydrogens (primary N) is 1. The van der Waals surface area contributed by atoms with Crippen LogP contribution < -0.4 is 5.73 Å². The Morgan fingerprint density at radius 1 is 1.35 bits per heavy atom. The van der Waals surface area contributed by atoms with E-state index in [1.54, 1.807) is 16.2 Å². The van der Waals surface area contributed by atoms with Gasteiger partial charge in [0.2, 0.25) is 5.91 Å². The summed E-state index contributed by atoms with van der Waals surface area (Å²) in [5, 5.41) is 1.05. The average Bonchev–Trinajstić information content (AvgIpc) is 2.63. The molecule has 0 aliphatic heterocycles. The third-order valence-corrected chi connectivity index (χ3v) is 4.35. The minimum Gasteiger partial charge on any atom is -0.338 e. The van der Waals surface area contributed by atoms with Gasteiger partial charge in [0, 0.05) is 24.4 Å². The van der Waals surface area contributed by atoms with Crippen LogP contribution in [0.5, 0.6) is 0 Å². The number of hydrogen-bond donors (Lipinski definition) is 1. The van der Waals surface area contributed by atoms with Gasteiger partial charge >= 0.3 is 0 Å². The van der Waals surface area contributed by atoms with E-state index in [0.29, 0.717) is 6.42 Å².